The summed E-state index contributed by atoms with van der Waals surface area (Å²) in [4.78, 5) is 40.9. The summed E-state index contributed by atoms with van der Waals surface area (Å²) in [5.41, 5.74) is 3.20. The van der Waals surface area contributed by atoms with Gasteiger partial charge in [-0.3, -0.25) is 14.1 Å². The fourth-order valence-electron chi connectivity index (χ4n) is 4.45. The third-order valence-corrected chi connectivity index (χ3v) is 6.21. The summed E-state index contributed by atoms with van der Waals surface area (Å²) in [7, 11) is 1.71. The van der Waals surface area contributed by atoms with E-state index in [2.05, 4.69) is 15.3 Å². The highest BCUT2D eigenvalue weighted by Crippen LogP contribution is 2.27. The fraction of sp³-hybridized carbons (Fsp3) is 0.400. The lowest BCUT2D eigenvalue weighted by atomic mass is 10.1. The number of nitrogens with one attached hydrogen (secondary N) is 1. The van der Waals surface area contributed by atoms with Crippen molar-refractivity contribution in [2.24, 2.45) is 7.05 Å². The van der Waals surface area contributed by atoms with E-state index in [1.54, 1.807) is 33.5 Å². The first-order chi connectivity index (χ1) is 16.6. The molecule has 4 aromatic rings. The van der Waals surface area contributed by atoms with Crippen LogP contribution in [0.5, 0.6) is 0 Å². The average molecular weight is 476 g/mol. The summed E-state index contributed by atoms with van der Waals surface area (Å²) in [6.07, 6.45) is 3.70. The van der Waals surface area contributed by atoms with Crippen LogP contribution in [0, 0.1) is 6.92 Å². The molecule has 1 fully saturated rings. The fourth-order valence-corrected chi connectivity index (χ4v) is 4.45. The van der Waals surface area contributed by atoms with Crippen molar-refractivity contribution < 1.29 is 9.53 Å². The van der Waals surface area contributed by atoms with Gasteiger partial charge in [0, 0.05) is 37.4 Å². The lowest BCUT2D eigenvalue weighted by Gasteiger charge is -2.24. The highest BCUT2D eigenvalue weighted by molar-refractivity contribution is 5.85. The van der Waals surface area contributed by atoms with E-state index in [0.29, 0.717) is 36.6 Å². The zero-order valence-corrected chi connectivity index (χ0v) is 20.6. The number of aromatic nitrogens is 5. The van der Waals surface area contributed by atoms with Gasteiger partial charge in [-0.2, -0.15) is 4.98 Å². The van der Waals surface area contributed by atoms with Crippen LogP contribution in [-0.2, 0) is 11.8 Å². The number of nitrogens with zero attached hydrogens (tertiary/aromatic N) is 6. The summed E-state index contributed by atoms with van der Waals surface area (Å²) in [6.45, 7) is 8.42. The number of aryl methyl sites for hydroxylation is 2. The number of pyridine rings is 1. The number of amides is 1. The lowest BCUT2D eigenvalue weighted by molar-refractivity contribution is 0.0289. The molecule has 0 aliphatic carbocycles. The van der Waals surface area contributed by atoms with E-state index in [0.717, 1.165) is 22.2 Å². The van der Waals surface area contributed by atoms with E-state index in [-0.39, 0.29) is 17.8 Å². The van der Waals surface area contributed by atoms with Crippen LogP contribution in [0.1, 0.15) is 38.8 Å². The smallest absolute Gasteiger partial charge is 0.410 e. The second-order valence-corrected chi connectivity index (χ2v) is 9.97. The molecule has 0 unspecified atom stereocenters. The van der Waals surface area contributed by atoms with Gasteiger partial charge in [0.2, 0.25) is 5.95 Å². The molecule has 5 rings (SSSR count). The molecule has 0 bridgehead atoms. The minimum atomic E-state index is -0.573. The molecule has 10 heteroatoms. The normalized spacial score (nSPS) is 16.3. The molecule has 10 nitrogen and oxygen atoms in total. The van der Waals surface area contributed by atoms with Gasteiger partial charge in [0.05, 0.1) is 17.8 Å². The number of hydrogen-bond donors (Lipinski definition) is 1. The first-order valence-electron chi connectivity index (χ1n) is 11.6. The van der Waals surface area contributed by atoms with Crippen LogP contribution in [0.25, 0.3) is 22.1 Å². The van der Waals surface area contributed by atoms with Crippen LogP contribution in [0.4, 0.5) is 16.4 Å². The predicted octanol–water partition coefficient (Wildman–Crippen LogP) is 3.91. The standard InChI is InChI=1S/C25H29N7O3/c1-15-11-19-16(7-6-9-26-19)12-18(15)28-22-27-13-20-21(29-22)32(23(33)30(20)5)17-8-10-31(14-17)24(34)35-25(2,3)4/h6-7,9,11-13,17H,8,10,14H2,1-5H3,(H,27,28,29)/t17-/m0/s1. The van der Waals surface area contributed by atoms with Gasteiger partial charge in [-0.05, 0) is 57.9 Å². The molecule has 35 heavy (non-hydrogen) atoms. The van der Waals surface area contributed by atoms with Gasteiger partial charge in [0.1, 0.15) is 11.1 Å². The van der Waals surface area contributed by atoms with Gasteiger partial charge in [0.15, 0.2) is 5.65 Å². The number of likely N-dealkylation sites (tertiary alicyclic amines) is 1. The highest BCUT2D eigenvalue weighted by atomic mass is 16.6. The molecule has 0 radical (unpaired) electrons. The molecule has 1 amide bonds. The van der Waals surface area contributed by atoms with Gasteiger partial charge >= 0.3 is 11.8 Å². The number of hydrogen-bond acceptors (Lipinski definition) is 7. The summed E-state index contributed by atoms with van der Waals surface area (Å²) >= 11 is 0. The van der Waals surface area contributed by atoms with E-state index in [1.807, 2.05) is 52.0 Å². The van der Waals surface area contributed by atoms with Crippen molar-refractivity contribution in [2.75, 3.05) is 18.4 Å². The number of rotatable bonds is 3. The second-order valence-electron chi connectivity index (χ2n) is 9.97. The zero-order chi connectivity index (χ0) is 24.9. The van der Waals surface area contributed by atoms with Crippen LogP contribution in [-0.4, -0.2) is 53.8 Å². The Bertz CT molecular complexity index is 1500. The van der Waals surface area contributed by atoms with E-state index in [4.69, 9.17) is 9.72 Å². The molecule has 0 saturated carbocycles. The quantitative estimate of drug-likeness (QED) is 0.479. The number of ether oxygens (including phenoxy) is 1. The topological polar surface area (TPSA) is 107 Å². The Kier molecular flexibility index (Phi) is 5.46. The van der Waals surface area contributed by atoms with Gasteiger partial charge in [-0.15, -0.1) is 0 Å². The molecular formula is C25H29N7O3. The van der Waals surface area contributed by atoms with Crippen molar-refractivity contribution in [1.82, 2.24) is 29.0 Å². The monoisotopic (exact) mass is 475 g/mol. The first kappa shape index (κ1) is 22.8. The summed E-state index contributed by atoms with van der Waals surface area (Å²) in [5, 5.41) is 4.30. The summed E-state index contributed by atoms with van der Waals surface area (Å²) < 4.78 is 8.72. The van der Waals surface area contributed by atoms with E-state index < -0.39 is 5.60 Å². The molecule has 1 aliphatic heterocycles. The Morgan fingerprint density at radius 3 is 2.80 bits per heavy atom. The third kappa shape index (κ3) is 4.31. The average Bonchev–Trinajstić information content (AvgIpc) is 3.36. The molecule has 1 aromatic carbocycles. The van der Waals surface area contributed by atoms with Crippen molar-refractivity contribution in [1.29, 1.82) is 0 Å². The second kappa shape index (κ2) is 8.37. The number of benzene rings is 1. The number of imidazole rings is 1. The van der Waals surface area contributed by atoms with Crippen molar-refractivity contribution >= 4 is 39.8 Å². The zero-order valence-electron chi connectivity index (χ0n) is 20.6. The summed E-state index contributed by atoms with van der Waals surface area (Å²) in [6, 6.07) is 7.73. The van der Waals surface area contributed by atoms with Crippen LogP contribution in [0.2, 0.25) is 0 Å². The van der Waals surface area contributed by atoms with Crippen LogP contribution >= 0.6 is 0 Å². The SMILES string of the molecule is Cc1cc2ncccc2cc1Nc1ncc2c(n1)n([C@H]1CCN(C(=O)OC(C)(C)C)C1)c(=O)n2C. The van der Waals surface area contributed by atoms with Crippen molar-refractivity contribution in [2.45, 2.75) is 45.8 Å². The minimum absolute atomic E-state index is 0.185. The van der Waals surface area contributed by atoms with Crippen molar-refractivity contribution in [3.63, 3.8) is 0 Å². The Hall–Kier alpha value is -3.95. The number of fused-ring (bicyclic) bond motifs is 2. The molecule has 182 valence electrons. The predicted molar refractivity (Wildman–Crippen MR) is 134 cm³/mol. The van der Waals surface area contributed by atoms with Crippen LogP contribution in [0.15, 0.2) is 41.5 Å². The maximum atomic E-state index is 13.1. The largest absolute Gasteiger partial charge is 0.444 e. The molecule has 1 N–H and O–H groups in total. The molecule has 4 heterocycles. The highest BCUT2D eigenvalue weighted by Gasteiger charge is 2.33. The van der Waals surface area contributed by atoms with Crippen LogP contribution in [0.3, 0.4) is 0 Å². The Labute approximate surface area is 202 Å². The summed E-state index contributed by atoms with van der Waals surface area (Å²) in [5.74, 6) is 0.394. The molecule has 1 saturated heterocycles. The van der Waals surface area contributed by atoms with Crippen molar-refractivity contribution in [3.05, 3.63) is 52.7 Å². The molecule has 3 aromatic heterocycles. The van der Waals surface area contributed by atoms with Gasteiger partial charge in [-0.25, -0.2) is 14.6 Å². The van der Waals surface area contributed by atoms with Gasteiger partial charge < -0.3 is 15.0 Å². The lowest BCUT2D eigenvalue weighted by Crippen LogP contribution is -2.36. The molecule has 1 atom stereocenters. The number of carbonyl (C=O) groups excluding carboxylic acids is 1. The Morgan fingerprint density at radius 1 is 1.23 bits per heavy atom. The van der Waals surface area contributed by atoms with E-state index in [1.165, 1.54) is 0 Å². The Balaban J connectivity index is 1.47. The molecule has 1 aliphatic rings. The van der Waals surface area contributed by atoms with Crippen LogP contribution < -0.4 is 11.0 Å². The maximum absolute atomic E-state index is 13.1. The van der Waals surface area contributed by atoms with Gasteiger partial charge in [0.25, 0.3) is 0 Å². The van der Waals surface area contributed by atoms with Crippen molar-refractivity contribution in [3.8, 4) is 0 Å². The molecular weight excluding hydrogens is 446 g/mol. The minimum Gasteiger partial charge on any atom is -0.444 e. The van der Waals surface area contributed by atoms with E-state index in [9.17, 15) is 9.59 Å². The van der Waals surface area contributed by atoms with E-state index >= 15 is 0 Å². The maximum Gasteiger partial charge on any atom is 0.410 e. The first-order valence-corrected chi connectivity index (χ1v) is 11.6. The number of anilines is 2. The third-order valence-electron chi connectivity index (χ3n) is 6.21. The molecule has 0 spiro atoms. The number of carbonyl (C=O) groups is 1. The Morgan fingerprint density at radius 2 is 2.03 bits per heavy atom. The van der Waals surface area contributed by atoms with Gasteiger partial charge in [-0.1, -0.05) is 6.07 Å².